The standard InChI is InChI=1S/C11H22N.CHF3O3S/c1-9(2)12-8-10(3,4)7-11(12,5)6;2-1(3,4)8(5,6)7/h8-9H,7H2,1-6H3;(H,5,6,7)/q+1;/p-1. The predicted molar refractivity (Wildman–Crippen MR) is 69.7 cm³/mol. The Hall–Kier alpha value is -0.630. The normalized spacial score (nSPS) is 21.2. The fraction of sp³-hybridized carbons (Fsp3) is 0.917. The summed E-state index contributed by atoms with van der Waals surface area (Å²) in [6.07, 6.45) is 3.66. The molecule has 1 aliphatic heterocycles. The van der Waals surface area contributed by atoms with Crippen LogP contribution in [0.3, 0.4) is 0 Å². The molecule has 0 amide bonds. The highest BCUT2D eigenvalue weighted by atomic mass is 32.2. The molecule has 0 N–H and O–H groups in total. The smallest absolute Gasteiger partial charge is 0.485 e. The van der Waals surface area contributed by atoms with E-state index in [1.807, 2.05) is 0 Å². The largest absolute Gasteiger partial charge is 0.741 e. The molecule has 120 valence electrons. The number of nitrogens with zero attached hydrogens (tertiary/aromatic N) is 1. The van der Waals surface area contributed by atoms with Gasteiger partial charge in [0, 0.05) is 11.8 Å². The SMILES string of the molecule is CC(C)[N+]1=CC(C)(C)CC1(C)C.O=S(=O)([O-])C(F)(F)F. The second-order valence-electron chi connectivity index (χ2n) is 6.51. The molecule has 0 saturated carbocycles. The van der Waals surface area contributed by atoms with Gasteiger partial charge in [0.15, 0.2) is 15.7 Å². The van der Waals surface area contributed by atoms with E-state index in [0.717, 1.165) is 0 Å². The molecule has 0 bridgehead atoms. The van der Waals surface area contributed by atoms with Crippen molar-refractivity contribution in [3.05, 3.63) is 0 Å². The predicted octanol–water partition coefficient (Wildman–Crippen LogP) is 2.74. The highest BCUT2D eigenvalue weighted by Crippen LogP contribution is 2.35. The number of halogens is 3. The summed E-state index contributed by atoms with van der Waals surface area (Å²) in [6.45, 7) is 13.8. The van der Waals surface area contributed by atoms with Crippen molar-refractivity contribution in [3.63, 3.8) is 0 Å². The highest BCUT2D eigenvalue weighted by molar-refractivity contribution is 7.86. The van der Waals surface area contributed by atoms with Gasteiger partial charge in [-0.2, -0.15) is 13.2 Å². The lowest BCUT2D eigenvalue weighted by atomic mass is 9.85. The van der Waals surface area contributed by atoms with E-state index in [0.29, 0.717) is 17.0 Å². The van der Waals surface area contributed by atoms with Crippen LogP contribution in [0.1, 0.15) is 48.0 Å². The first kappa shape index (κ1) is 19.4. The topological polar surface area (TPSA) is 60.2 Å². The third-order valence-corrected chi connectivity index (χ3v) is 3.48. The van der Waals surface area contributed by atoms with E-state index in [2.05, 4.69) is 52.3 Å². The van der Waals surface area contributed by atoms with Crippen LogP contribution in [0, 0.1) is 5.41 Å². The van der Waals surface area contributed by atoms with Gasteiger partial charge in [0.2, 0.25) is 0 Å². The Kier molecular flexibility index (Phi) is 5.45. The Bertz CT molecular complexity index is 477. The molecular weight excluding hydrogens is 295 g/mol. The first-order chi connectivity index (χ1) is 8.50. The van der Waals surface area contributed by atoms with Crippen LogP contribution in [-0.2, 0) is 10.1 Å². The lowest BCUT2D eigenvalue weighted by molar-refractivity contribution is -0.616. The highest BCUT2D eigenvalue weighted by Gasteiger charge is 2.45. The van der Waals surface area contributed by atoms with Crippen molar-refractivity contribution in [2.45, 2.75) is 65.1 Å². The van der Waals surface area contributed by atoms with Gasteiger partial charge in [0.1, 0.15) is 12.3 Å². The number of rotatable bonds is 1. The van der Waals surface area contributed by atoms with E-state index in [1.165, 1.54) is 6.42 Å². The molecule has 20 heavy (non-hydrogen) atoms. The Morgan fingerprint density at radius 3 is 1.65 bits per heavy atom. The van der Waals surface area contributed by atoms with Gasteiger partial charge in [-0.3, -0.25) is 0 Å². The maximum absolute atomic E-state index is 10.7. The molecule has 0 aromatic heterocycles. The van der Waals surface area contributed by atoms with E-state index >= 15 is 0 Å². The number of alkyl halides is 3. The molecule has 8 heteroatoms. The molecule has 0 aromatic carbocycles. The van der Waals surface area contributed by atoms with Gasteiger partial charge < -0.3 is 4.55 Å². The van der Waals surface area contributed by atoms with Crippen molar-refractivity contribution >= 4 is 16.3 Å². The van der Waals surface area contributed by atoms with E-state index in [9.17, 15) is 13.2 Å². The van der Waals surface area contributed by atoms with Gasteiger partial charge in [-0.15, -0.1) is 0 Å². The number of hydrogen-bond acceptors (Lipinski definition) is 3. The summed E-state index contributed by atoms with van der Waals surface area (Å²) in [5, 5.41) is 0. The molecule has 0 fully saturated rings. The Morgan fingerprint density at radius 2 is 1.55 bits per heavy atom. The van der Waals surface area contributed by atoms with Gasteiger partial charge >= 0.3 is 5.51 Å². The molecule has 0 unspecified atom stereocenters. The maximum Gasteiger partial charge on any atom is 0.485 e. The van der Waals surface area contributed by atoms with Crippen LogP contribution < -0.4 is 0 Å². The van der Waals surface area contributed by atoms with Crippen LogP contribution in [0.4, 0.5) is 13.2 Å². The quantitative estimate of drug-likeness (QED) is 0.424. The van der Waals surface area contributed by atoms with E-state index in [-0.39, 0.29) is 0 Å². The van der Waals surface area contributed by atoms with Gasteiger partial charge in [-0.1, -0.05) is 13.8 Å². The fourth-order valence-electron chi connectivity index (χ4n) is 2.65. The molecular formula is C12H22F3NO3S. The van der Waals surface area contributed by atoms with Gasteiger partial charge in [-0.25, -0.2) is 13.0 Å². The molecule has 1 rings (SSSR count). The van der Waals surface area contributed by atoms with Crippen LogP contribution in [-0.4, -0.2) is 40.8 Å². The molecule has 0 atom stereocenters. The zero-order valence-electron chi connectivity index (χ0n) is 12.6. The van der Waals surface area contributed by atoms with Crippen molar-refractivity contribution in [3.8, 4) is 0 Å². The molecule has 1 heterocycles. The van der Waals surface area contributed by atoms with Crippen molar-refractivity contribution in [1.29, 1.82) is 0 Å². The molecule has 0 saturated heterocycles. The fourth-order valence-corrected chi connectivity index (χ4v) is 2.65. The van der Waals surface area contributed by atoms with E-state index < -0.39 is 15.6 Å². The van der Waals surface area contributed by atoms with Crippen LogP contribution in [0.2, 0.25) is 0 Å². The van der Waals surface area contributed by atoms with Gasteiger partial charge in [0.05, 0.1) is 0 Å². The lowest BCUT2D eigenvalue weighted by Crippen LogP contribution is -2.36. The lowest BCUT2D eigenvalue weighted by Gasteiger charge is -2.21. The first-order valence-electron chi connectivity index (χ1n) is 6.16. The van der Waals surface area contributed by atoms with Gasteiger partial charge in [-0.05, 0) is 27.7 Å². The van der Waals surface area contributed by atoms with E-state index in [1.54, 1.807) is 0 Å². The van der Waals surface area contributed by atoms with Crippen LogP contribution in [0.5, 0.6) is 0 Å². The third kappa shape index (κ3) is 5.40. The minimum Gasteiger partial charge on any atom is -0.741 e. The van der Waals surface area contributed by atoms with Crippen molar-refractivity contribution in [2.24, 2.45) is 5.41 Å². The van der Waals surface area contributed by atoms with Gasteiger partial charge in [0.25, 0.3) is 0 Å². The average molecular weight is 317 g/mol. The molecule has 4 nitrogen and oxygen atoms in total. The zero-order chi connectivity index (χ0) is 16.6. The van der Waals surface area contributed by atoms with Crippen molar-refractivity contribution < 1.29 is 30.7 Å². The Labute approximate surface area is 118 Å². The third-order valence-electron chi connectivity index (χ3n) is 2.92. The second-order valence-corrected chi connectivity index (χ2v) is 7.88. The maximum atomic E-state index is 10.7. The number of hydrogen-bond donors (Lipinski definition) is 0. The molecule has 0 spiro atoms. The van der Waals surface area contributed by atoms with E-state index in [4.69, 9.17) is 13.0 Å². The summed E-state index contributed by atoms with van der Waals surface area (Å²) >= 11 is 0. The summed E-state index contributed by atoms with van der Waals surface area (Å²) in [4.78, 5) is 0. The summed E-state index contributed by atoms with van der Waals surface area (Å²) < 4.78 is 61.4. The summed E-state index contributed by atoms with van der Waals surface area (Å²) in [6, 6.07) is 0.627. The van der Waals surface area contributed by atoms with Crippen LogP contribution in [0.15, 0.2) is 0 Å². The minimum atomic E-state index is -6.09. The summed E-state index contributed by atoms with van der Waals surface area (Å²) in [5.41, 5.74) is -4.92. The summed E-state index contributed by atoms with van der Waals surface area (Å²) in [7, 11) is -6.09. The van der Waals surface area contributed by atoms with Crippen LogP contribution >= 0.6 is 0 Å². The molecule has 0 aromatic rings. The monoisotopic (exact) mass is 317 g/mol. The Morgan fingerprint density at radius 1 is 1.20 bits per heavy atom. The molecule has 0 radical (unpaired) electrons. The second kappa shape index (κ2) is 5.63. The summed E-state index contributed by atoms with van der Waals surface area (Å²) in [5.74, 6) is 0. The first-order valence-corrected chi connectivity index (χ1v) is 7.57. The molecule has 1 aliphatic rings. The van der Waals surface area contributed by atoms with Crippen molar-refractivity contribution in [2.75, 3.05) is 0 Å². The minimum absolute atomic E-state index is 0.345. The van der Waals surface area contributed by atoms with Crippen molar-refractivity contribution in [1.82, 2.24) is 0 Å². The molecule has 0 aliphatic carbocycles. The average Bonchev–Trinajstić information content (AvgIpc) is 2.31. The zero-order valence-corrected chi connectivity index (χ0v) is 13.4. The van der Waals surface area contributed by atoms with Crippen LogP contribution in [0.25, 0.3) is 0 Å². The Balaban J connectivity index is 0.000000396.